The molecule has 0 aromatic carbocycles. The number of ether oxygens (including phenoxy) is 2. The molecule has 0 aliphatic carbocycles. The predicted octanol–water partition coefficient (Wildman–Crippen LogP) is 2.22. The number of fused-ring (bicyclic) bond motifs is 2. The quantitative estimate of drug-likeness (QED) is 0.771. The van der Waals surface area contributed by atoms with E-state index in [0.29, 0.717) is 24.6 Å². The van der Waals surface area contributed by atoms with Crippen LogP contribution in [0.2, 0.25) is 0 Å². The van der Waals surface area contributed by atoms with E-state index in [0.717, 1.165) is 22.3 Å². The highest BCUT2D eigenvalue weighted by atomic mass is 16.5. The minimum absolute atomic E-state index is 0.165. The summed E-state index contributed by atoms with van der Waals surface area (Å²) in [6.45, 7) is 0.553. The summed E-state index contributed by atoms with van der Waals surface area (Å²) in [4.78, 5) is 24.1. The zero-order valence-corrected chi connectivity index (χ0v) is 13.1. The zero-order chi connectivity index (χ0) is 16.5. The number of hydrogen-bond acceptors (Lipinski definition) is 5. The van der Waals surface area contributed by atoms with E-state index in [1.807, 2.05) is 12.1 Å². The topological polar surface area (TPSA) is 89.1 Å². The van der Waals surface area contributed by atoms with E-state index in [1.165, 1.54) is 0 Å². The van der Waals surface area contributed by atoms with Crippen LogP contribution >= 0.6 is 0 Å². The summed E-state index contributed by atoms with van der Waals surface area (Å²) in [5.41, 5.74) is 2.02. The van der Waals surface area contributed by atoms with Crippen LogP contribution in [0.5, 0.6) is 11.6 Å². The third kappa shape index (κ3) is 2.54. The van der Waals surface area contributed by atoms with Gasteiger partial charge in [-0.05, 0) is 18.2 Å². The molecule has 1 aliphatic heterocycles. The summed E-state index contributed by atoms with van der Waals surface area (Å²) in [5.74, 6) is 1.05. The molecule has 0 spiro atoms. The number of pyridine rings is 2. The van der Waals surface area contributed by atoms with Gasteiger partial charge in [0.05, 0.1) is 31.5 Å². The standard InChI is InChI=1S/C17H16N4O3/c1-23-15-8-10-7-12(20-13(10)9-19-15)17(22)21-11-4-6-24-14-3-2-5-18-16(11)14/h2-3,5,7-9,11,20H,4,6H2,1H3,(H,21,22). The molecule has 0 radical (unpaired) electrons. The minimum Gasteiger partial charge on any atom is -0.491 e. The Morgan fingerprint density at radius 1 is 1.42 bits per heavy atom. The fourth-order valence-corrected chi connectivity index (χ4v) is 2.83. The first-order chi connectivity index (χ1) is 11.7. The predicted molar refractivity (Wildman–Crippen MR) is 87.2 cm³/mol. The second kappa shape index (κ2) is 5.84. The highest BCUT2D eigenvalue weighted by Crippen LogP contribution is 2.30. The van der Waals surface area contributed by atoms with Gasteiger partial charge in [-0.3, -0.25) is 9.78 Å². The van der Waals surface area contributed by atoms with Crippen molar-refractivity contribution < 1.29 is 14.3 Å². The Morgan fingerprint density at radius 2 is 2.33 bits per heavy atom. The van der Waals surface area contributed by atoms with Crippen molar-refractivity contribution in [1.29, 1.82) is 0 Å². The van der Waals surface area contributed by atoms with Crippen LogP contribution < -0.4 is 14.8 Å². The smallest absolute Gasteiger partial charge is 0.268 e. The van der Waals surface area contributed by atoms with E-state index in [2.05, 4.69) is 20.3 Å². The maximum absolute atomic E-state index is 12.6. The summed E-state index contributed by atoms with van der Waals surface area (Å²) < 4.78 is 10.7. The Balaban J connectivity index is 1.59. The van der Waals surface area contributed by atoms with E-state index in [1.54, 1.807) is 31.6 Å². The number of hydrogen-bond donors (Lipinski definition) is 2. The Kier molecular flexibility index (Phi) is 3.53. The number of carbonyl (C=O) groups is 1. The molecule has 4 rings (SSSR count). The van der Waals surface area contributed by atoms with Gasteiger partial charge in [0, 0.05) is 24.1 Å². The molecule has 3 aromatic rings. The summed E-state index contributed by atoms with van der Waals surface area (Å²) in [6, 6.07) is 7.09. The first-order valence-corrected chi connectivity index (χ1v) is 7.66. The molecule has 1 amide bonds. The zero-order valence-electron chi connectivity index (χ0n) is 13.1. The molecule has 1 aliphatic rings. The summed E-state index contributed by atoms with van der Waals surface area (Å²) >= 11 is 0. The highest BCUT2D eigenvalue weighted by Gasteiger charge is 2.25. The monoisotopic (exact) mass is 324 g/mol. The van der Waals surface area contributed by atoms with Gasteiger partial charge in [-0.1, -0.05) is 0 Å². The molecular formula is C17H16N4O3. The molecule has 0 bridgehead atoms. The van der Waals surface area contributed by atoms with Crippen molar-refractivity contribution in [2.75, 3.05) is 13.7 Å². The van der Waals surface area contributed by atoms with Crippen molar-refractivity contribution >= 4 is 16.8 Å². The van der Waals surface area contributed by atoms with Gasteiger partial charge in [0.25, 0.3) is 5.91 Å². The lowest BCUT2D eigenvalue weighted by molar-refractivity contribution is 0.0919. The van der Waals surface area contributed by atoms with Crippen LogP contribution in [0.3, 0.4) is 0 Å². The number of nitrogens with one attached hydrogen (secondary N) is 2. The molecule has 0 saturated heterocycles. The second-order valence-corrected chi connectivity index (χ2v) is 5.55. The highest BCUT2D eigenvalue weighted by molar-refractivity contribution is 5.98. The van der Waals surface area contributed by atoms with Crippen molar-refractivity contribution in [3.05, 3.63) is 48.0 Å². The van der Waals surface area contributed by atoms with E-state index < -0.39 is 0 Å². The van der Waals surface area contributed by atoms with Crippen molar-refractivity contribution in [1.82, 2.24) is 20.3 Å². The molecule has 7 heteroatoms. The number of methoxy groups -OCH3 is 1. The number of H-pyrrole nitrogens is 1. The van der Waals surface area contributed by atoms with E-state index in [-0.39, 0.29) is 11.9 Å². The Hall–Kier alpha value is -3.09. The molecule has 7 nitrogen and oxygen atoms in total. The average Bonchev–Trinajstić information content (AvgIpc) is 3.05. The normalized spacial score (nSPS) is 16.3. The number of rotatable bonds is 3. The van der Waals surface area contributed by atoms with E-state index in [9.17, 15) is 4.79 Å². The van der Waals surface area contributed by atoms with Gasteiger partial charge in [0.2, 0.25) is 5.88 Å². The number of nitrogens with zero attached hydrogens (tertiary/aromatic N) is 2. The van der Waals surface area contributed by atoms with E-state index >= 15 is 0 Å². The summed E-state index contributed by atoms with van der Waals surface area (Å²) in [7, 11) is 1.56. The number of aromatic nitrogens is 3. The van der Waals surface area contributed by atoms with Gasteiger partial charge in [0.1, 0.15) is 17.1 Å². The van der Waals surface area contributed by atoms with Crippen molar-refractivity contribution in [2.45, 2.75) is 12.5 Å². The molecule has 3 aromatic heterocycles. The third-order valence-electron chi connectivity index (χ3n) is 4.03. The van der Waals surface area contributed by atoms with Gasteiger partial charge in [-0.2, -0.15) is 0 Å². The van der Waals surface area contributed by atoms with Crippen LogP contribution in [0, 0.1) is 0 Å². The molecule has 122 valence electrons. The lowest BCUT2D eigenvalue weighted by Crippen LogP contribution is -2.33. The lowest BCUT2D eigenvalue weighted by atomic mass is 10.1. The first-order valence-electron chi connectivity index (χ1n) is 7.66. The maximum atomic E-state index is 12.6. The fourth-order valence-electron chi connectivity index (χ4n) is 2.83. The Bertz CT molecular complexity index is 906. The molecule has 0 saturated carbocycles. The first kappa shape index (κ1) is 14.5. The second-order valence-electron chi connectivity index (χ2n) is 5.55. The van der Waals surface area contributed by atoms with Crippen LogP contribution in [0.4, 0.5) is 0 Å². The van der Waals surface area contributed by atoms with Crippen molar-refractivity contribution in [3.63, 3.8) is 0 Å². The van der Waals surface area contributed by atoms with Gasteiger partial charge in [0.15, 0.2) is 0 Å². The average molecular weight is 324 g/mol. The largest absolute Gasteiger partial charge is 0.491 e. The van der Waals surface area contributed by atoms with Crippen LogP contribution in [0.25, 0.3) is 10.9 Å². The van der Waals surface area contributed by atoms with Crippen molar-refractivity contribution in [2.24, 2.45) is 0 Å². The molecule has 1 unspecified atom stereocenters. The Labute approximate surface area is 138 Å². The van der Waals surface area contributed by atoms with Gasteiger partial charge in [-0.15, -0.1) is 0 Å². The van der Waals surface area contributed by atoms with Gasteiger partial charge >= 0.3 is 0 Å². The number of amides is 1. The Morgan fingerprint density at radius 3 is 3.21 bits per heavy atom. The van der Waals surface area contributed by atoms with Crippen LogP contribution in [-0.4, -0.2) is 34.6 Å². The third-order valence-corrected chi connectivity index (χ3v) is 4.03. The SMILES string of the molecule is COc1cc2cc(C(=O)NC3CCOc4cccnc43)[nH]c2cn1. The van der Waals surface area contributed by atoms with E-state index in [4.69, 9.17) is 9.47 Å². The molecular weight excluding hydrogens is 308 g/mol. The number of carbonyl (C=O) groups excluding carboxylic acids is 1. The number of aromatic amines is 1. The molecule has 0 fully saturated rings. The van der Waals surface area contributed by atoms with Gasteiger partial charge < -0.3 is 19.8 Å². The lowest BCUT2D eigenvalue weighted by Gasteiger charge is -2.25. The molecule has 24 heavy (non-hydrogen) atoms. The fraction of sp³-hybridized carbons (Fsp3) is 0.235. The van der Waals surface area contributed by atoms with Gasteiger partial charge in [-0.25, -0.2) is 4.98 Å². The summed E-state index contributed by atoms with van der Waals surface area (Å²) in [6.07, 6.45) is 4.04. The minimum atomic E-state index is -0.186. The van der Waals surface area contributed by atoms with Crippen molar-refractivity contribution in [3.8, 4) is 11.6 Å². The van der Waals surface area contributed by atoms with Crippen LogP contribution in [-0.2, 0) is 0 Å². The molecule has 4 heterocycles. The maximum Gasteiger partial charge on any atom is 0.268 e. The summed E-state index contributed by atoms with van der Waals surface area (Å²) in [5, 5.41) is 3.89. The van der Waals surface area contributed by atoms with Crippen LogP contribution in [0.15, 0.2) is 36.7 Å². The van der Waals surface area contributed by atoms with Crippen LogP contribution in [0.1, 0.15) is 28.6 Å². The molecule has 1 atom stereocenters. The molecule has 2 N–H and O–H groups in total.